The van der Waals surface area contributed by atoms with Gasteiger partial charge in [-0.1, -0.05) is 60.7 Å². The van der Waals surface area contributed by atoms with Gasteiger partial charge in [-0.15, -0.1) is 0 Å². The van der Waals surface area contributed by atoms with E-state index in [2.05, 4.69) is 60.5 Å². The fourth-order valence-electron chi connectivity index (χ4n) is 2.54. The van der Waals surface area contributed by atoms with E-state index in [1.54, 1.807) is 0 Å². The average Bonchev–Trinajstić information content (AvgIpc) is 2.83. The third kappa shape index (κ3) is 2.05. The first kappa shape index (κ1) is 11.5. The van der Waals surface area contributed by atoms with Gasteiger partial charge in [-0.2, -0.15) is 0 Å². The summed E-state index contributed by atoms with van der Waals surface area (Å²) in [6.07, 6.45) is 0.0661. The van der Waals surface area contributed by atoms with E-state index in [0.717, 1.165) is 6.61 Å². The van der Waals surface area contributed by atoms with Crippen LogP contribution in [0.15, 0.2) is 60.7 Å². The summed E-state index contributed by atoms with van der Waals surface area (Å²) in [6, 6.07) is 21.3. The van der Waals surface area contributed by atoms with Crippen molar-refractivity contribution in [3.05, 3.63) is 71.8 Å². The zero-order chi connectivity index (χ0) is 12.4. The van der Waals surface area contributed by atoms with E-state index >= 15 is 0 Å². The minimum Gasteiger partial charge on any atom is -0.357 e. The summed E-state index contributed by atoms with van der Waals surface area (Å²) in [5.41, 5.74) is 2.54. The zero-order valence-electron chi connectivity index (χ0n) is 10.5. The first-order valence-electron chi connectivity index (χ1n) is 6.29. The predicted octanol–water partition coefficient (Wildman–Crippen LogP) is 3.39. The molecule has 1 saturated heterocycles. The summed E-state index contributed by atoms with van der Waals surface area (Å²) < 4.78 is 5.94. The molecule has 0 spiro atoms. The Balaban J connectivity index is 1.83. The summed E-state index contributed by atoms with van der Waals surface area (Å²) in [7, 11) is 2.13. The second-order valence-corrected chi connectivity index (χ2v) is 4.69. The molecule has 2 atom stereocenters. The highest BCUT2D eigenvalue weighted by Gasteiger charge is 2.32. The lowest BCUT2D eigenvalue weighted by Crippen LogP contribution is -2.22. The summed E-state index contributed by atoms with van der Waals surface area (Å²) in [6.45, 7) is 0.750. The third-order valence-corrected chi connectivity index (χ3v) is 3.54. The van der Waals surface area contributed by atoms with Gasteiger partial charge < -0.3 is 4.74 Å². The molecule has 0 unspecified atom stereocenters. The van der Waals surface area contributed by atoms with Gasteiger partial charge in [-0.05, 0) is 18.2 Å². The molecule has 3 rings (SSSR count). The van der Waals surface area contributed by atoms with E-state index in [0.29, 0.717) is 6.04 Å². The van der Waals surface area contributed by atoms with Gasteiger partial charge >= 0.3 is 0 Å². The molecule has 1 aliphatic rings. The normalized spacial score (nSPS) is 24.3. The van der Waals surface area contributed by atoms with E-state index in [1.807, 2.05) is 12.1 Å². The molecule has 0 N–H and O–H groups in total. The number of ether oxygens (including phenoxy) is 1. The molecule has 0 amide bonds. The van der Waals surface area contributed by atoms with Crippen molar-refractivity contribution in [1.29, 1.82) is 0 Å². The van der Waals surface area contributed by atoms with Crippen LogP contribution < -0.4 is 0 Å². The lowest BCUT2D eigenvalue weighted by molar-refractivity contribution is 0.0433. The summed E-state index contributed by atoms with van der Waals surface area (Å²) in [5.74, 6) is 0. The van der Waals surface area contributed by atoms with Gasteiger partial charge in [0.15, 0.2) is 0 Å². The molecule has 2 aromatic rings. The van der Waals surface area contributed by atoms with Crippen molar-refractivity contribution in [2.45, 2.75) is 12.3 Å². The van der Waals surface area contributed by atoms with Crippen LogP contribution >= 0.6 is 0 Å². The summed E-state index contributed by atoms with van der Waals surface area (Å²) in [4.78, 5) is 2.30. The van der Waals surface area contributed by atoms with Crippen molar-refractivity contribution in [1.82, 2.24) is 4.90 Å². The molecule has 18 heavy (non-hydrogen) atoms. The third-order valence-electron chi connectivity index (χ3n) is 3.54. The Labute approximate surface area is 108 Å². The second-order valence-electron chi connectivity index (χ2n) is 4.69. The van der Waals surface area contributed by atoms with Crippen molar-refractivity contribution < 1.29 is 4.74 Å². The highest BCUT2D eigenvalue weighted by Crippen LogP contribution is 2.36. The minimum absolute atomic E-state index is 0.0661. The highest BCUT2D eigenvalue weighted by atomic mass is 16.5. The quantitative estimate of drug-likeness (QED) is 0.796. The highest BCUT2D eigenvalue weighted by molar-refractivity contribution is 5.23. The number of likely N-dealkylation sites (N-methyl/N-ethyl adjacent to an activating group) is 1. The fraction of sp³-hybridized carbons (Fsp3) is 0.250. The van der Waals surface area contributed by atoms with E-state index in [-0.39, 0.29) is 6.23 Å². The zero-order valence-corrected chi connectivity index (χ0v) is 10.5. The smallest absolute Gasteiger partial charge is 0.137 e. The lowest BCUT2D eigenvalue weighted by Gasteiger charge is -2.23. The van der Waals surface area contributed by atoms with Crippen molar-refractivity contribution >= 4 is 0 Å². The molecule has 2 heteroatoms. The van der Waals surface area contributed by atoms with Gasteiger partial charge in [0.2, 0.25) is 0 Å². The van der Waals surface area contributed by atoms with E-state index in [4.69, 9.17) is 4.74 Å². The molecule has 0 bridgehead atoms. The van der Waals surface area contributed by atoms with Gasteiger partial charge in [0.1, 0.15) is 6.23 Å². The molecule has 92 valence electrons. The van der Waals surface area contributed by atoms with Crippen molar-refractivity contribution in [2.75, 3.05) is 13.7 Å². The molecule has 1 heterocycles. The molecule has 0 aromatic heterocycles. The average molecular weight is 239 g/mol. The van der Waals surface area contributed by atoms with Crippen LogP contribution in [0.25, 0.3) is 0 Å². The van der Waals surface area contributed by atoms with Crippen molar-refractivity contribution in [3.63, 3.8) is 0 Å². The maximum absolute atomic E-state index is 5.94. The SMILES string of the molecule is CN1[C@@H](c2ccccc2)OC[C@H]1c1ccccc1. The Bertz CT molecular complexity index is 450. The Morgan fingerprint density at radius 2 is 1.44 bits per heavy atom. The number of rotatable bonds is 2. The molecule has 0 saturated carbocycles. The van der Waals surface area contributed by atoms with Crippen LogP contribution in [0.5, 0.6) is 0 Å². The van der Waals surface area contributed by atoms with E-state index in [1.165, 1.54) is 11.1 Å². The van der Waals surface area contributed by atoms with Crippen molar-refractivity contribution in [3.8, 4) is 0 Å². The summed E-state index contributed by atoms with van der Waals surface area (Å²) in [5, 5.41) is 0. The monoisotopic (exact) mass is 239 g/mol. The van der Waals surface area contributed by atoms with Crippen molar-refractivity contribution in [2.24, 2.45) is 0 Å². The Kier molecular flexibility index (Phi) is 3.13. The molecule has 1 aliphatic heterocycles. The molecule has 0 aliphatic carbocycles. The van der Waals surface area contributed by atoms with Crippen LogP contribution in [0.2, 0.25) is 0 Å². The standard InChI is InChI=1S/C16H17NO/c1-17-15(13-8-4-2-5-9-13)12-18-16(17)14-10-6-3-7-11-14/h2-11,15-16H,12H2,1H3/t15-,16+/m0/s1. The van der Waals surface area contributed by atoms with Crippen LogP contribution in [0.4, 0.5) is 0 Å². The Morgan fingerprint density at radius 3 is 2.06 bits per heavy atom. The van der Waals surface area contributed by atoms with Crippen LogP contribution in [-0.2, 0) is 4.74 Å². The minimum atomic E-state index is 0.0661. The maximum atomic E-state index is 5.94. The molecule has 2 nitrogen and oxygen atoms in total. The number of hydrogen-bond acceptors (Lipinski definition) is 2. The van der Waals surface area contributed by atoms with Crippen LogP contribution in [0.1, 0.15) is 23.4 Å². The van der Waals surface area contributed by atoms with Crippen LogP contribution in [0, 0.1) is 0 Å². The predicted molar refractivity (Wildman–Crippen MR) is 72.1 cm³/mol. The van der Waals surface area contributed by atoms with Gasteiger partial charge in [-0.25, -0.2) is 0 Å². The number of benzene rings is 2. The molecular formula is C16H17NO. The first-order valence-corrected chi connectivity index (χ1v) is 6.29. The second kappa shape index (κ2) is 4.92. The Morgan fingerprint density at radius 1 is 0.889 bits per heavy atom. The largest absolute Gasteiger partial charge is 0.357 e. The van der Waals surface area contributed by atoms with Crippen LogP contribution in [0.3, 0.4) is 0 Å². The summed E-state index contributed by atoms with van der Waals surface area (Å²) >= 11 is 0. The first-order chi connectivity index (χ1) is 8.86. The topological polar surface area (TPSA) is 12.5 Å². The van der Waals surface area contributed by atoms with Gasteiger partial charge in [0.25, 0.3) is 0 Å². The van der Waals surface area contributed by atoms with Gasteiger partial charge in [-0.3, -0.25) is 4.90 Å². The Hall–Kier alpha value is -1.64. The van der Waals surface area contributed by atoms with Crippen LogP contribution in [-0.4, -0.2) is 18.6 Å². The molecular weight excluding hydrogens is 222 g/mol. The number of nitrogens with zero attached hydrogens (tertiary/aromatic N) is 1. The molecule has 2 aromatic carbocycles. The molecule has 1 fully saturated rings. The fourth-order valence-corrected chi connectivity index (χ4v) is 2.54. The van der Waals surface area contributed by atoms with E-state index in [9.17, 15) is 0 Å². The number of hydrogen-bond donors (Lipinski definition) is 0. The van der Waals surface area contributed by atoms with Gasteiger partial charge in [0.05, 0.1) is 12.6 Å². The lowest BCUT2D eigenvalue weighted by atomic mass is 10.1. The maximum Gasteiger partial charge on any atom is 0.137 e. The molecule has 0 radical (unpaired) electrons. The van der Waals surface area contributed by atoms with E-state index < -0.39 is 0 Å². The van der Waals surface area contributed by atoms with Gasteiger partial charge in [0, 0.05) is 0 Å².